The van der Waals surface area contributed by atoms with Crippen LogP contribution in [-0.4, -0.2) is 34.5 Å². The largest absolute Gasteiger partial charge is 0.391 e. The van der Waals surface area contributed by atoms with E-state index in [1.807, 2.05) is 6.26 Å². The fourth-order valence-electron chi connectivity index (χ4n) is 2.11. The number of pyridine rings is 1. The fourth-order valence-corrected chi connectivity index (χ4v) is 2.53. The van der Waals surface area contributed by atoms with Crippen molar-refractivity contribution in [3.05, 3.63) is 52.1 Å². The molecule has 2 aromatic rings. The van der Waals surface area contributed by atoms with Crippen molar-refractivity contribution >= 4 is 29.2 Å². The lowest BCUT2D eigenvalue weighted by Crippen LogP contribution is -2.30. The van der Waals surface area contributed by atoms with Gasteiger partial charge in [-0.05, 0) is 37.4 Å². The zero-order valence-corrected chi connectivity index (χ0v) is 15.4. The third kappa shape index (κ3) is 4.84. The van der Waals surface area contributed by atoms with Gasteiger partial charge in [-0.25, -0.2) is 9.87 Å². The van der Waals surface area contributed by atoms with Crippen LogP contribution in [0.4, 0.5) is 15.9 Å². The Bertz CT molecular complexity index is 854. The Kier molecular flexibility index (Phi) is 6.78. The summed E-state index contributed by atoms with van der Waals surface area (Å²) >= 11 is 1.40. The summed E-state index contributed by atoms with van der Waals surface area (Å²) in [6.45, 7) is 1.41. The van der Waals surface area contributed by atoms with Gasteiger partial charge < -0.3 is 10.4 Å². The van der Waals surface area contributed by atoms with Crippen molar-refractivity contribution < 1.29 is 19.1 Å². The standard InChI is InChI=1S/C17H20FN3O4S/c1-10(22)9-25-20-17(24)12-5-7-15(23)21(2)16(12)19-14-6-4-11(26-3)8-13(14)18/h4-8,10,19,22H,9H2,1-3H3,(H,20,24). The highest BCUT2D eigenvalue weighted by Crippen LogP contribution is 2.25. The minimum Gasteiger partial charge on any atom is -0.391 e. The molecule has 0 bridgehead atoms. The van der Waals surface area contributed by atoms with Crippen LogP contribution < -0.4 is 16.4 Å². The molecule has 3 N–H and O–H groups in total. The van der Waals surface area contributed by atoms with Gasteiger partial charge >= 0.3 is 0 Å². The number of rotatable bonds is 7. The van der Waals surface area contributed by atoms with E-state index in [0.29, 0.717) is 0 Å². The Hall–Kier alpha value is -2.36. The summed E-state index contributed by atoms with van der Waals surface area (Å²) in [5, 5.41) is 12.0. The number of nitrogens with zero attached hydrogens (tertiary/aromatic N) is 1. The van der Waals surface area contributed by atoms with Crippen LogP contribution in [-0.2, 0) is 11.9 Å². The molecule has 1 heterocycles. The van der Waals surface area contributed by atoms with Gasteiger partial charge in [0.05, 0.1) is 17.4 Å². The highest BCUT2D eigenvalue weighted by Gasteiger charge is 2.17. The van der Waals surface area contributed by atoms with Crippen LogP contribution in [0, 0.1) is 5.82 Å². The van der Waals surface area contributed by atoms with Crippen LogP contribution >= 0.6 is 11.8 Å². The molecule has 1 amide bonds. The number of thioether (sulfide) groups is 1. The molecule has 0 radical (unpaired) electrons. The van der Waals surface area contributed by atoms with Crippen molar-refractivity contribution in [3.8, 4) is 0 Å². The zero-order valence-electron chi connectivity index (χ0n) is 14.6. The number of hydroxylamine groups is 1. The number of carbonyl (C=O) groups is 1. The third-order valence-electron chi connectivity index (χ3n) is 3.48. The van der Waals surface area contributed by atoms with Gasteiger partial charge in [-0.2, -0.15) is 0 Å². The van der Waals surface area contributed by atoms with Crippen molar-refractivity contribution in [2.45, 2.75) is 17.9 Å². The summed E-state index contributed by atoms with van der Waals surface area (Å²) in [6, 6.07) is 7.16. The van der Waals surface area contributed by atoms with Crippen LogP contribution in [0.2, 0.25) is 0 Å². The lowest BCUT2D eigenvalue weighted by Gasteiger charge is -2.16. The predicted octanol–water partition coefficient (Wildman–Crippen LogP) is 2.03. The molecule has 1 unspecified atom stereocenters. The Morgan fingerprint density at radius 1 is 1.38 bits per heavy atom. The molecule has 1 aromatic carbocycles. The number of halogens is 1. The van der Waals surface area contributed by atoms with Crippen LogP contribution in [0.1, 0.15) is 17.3 Å². The van der Waals surface area contributed by atoms with Gasteiger partial charge in [-0.15, -0.1) is 11.8 Å². The second-order valence-electron chi connectivity index (χ2n) is 5.55. The number of nitrogens with one attached hydrogen (secondary N) is 2. The Morgan fingerprint density at radius 2 is 2.12 bits per heavy atom. The number of aromatic nitrogens is 1. The van der Waals surface area contributed by atoms with E-state index in [1.54, 1.807) is 6.07 Å². The monoisotopic (exact) mass is 381 g/mol. The molecule has 2 rings (SSSR count). The molecule has 0 aliphatic carbocycles. The molecular formula is C17H20FN3O4S. The molecular weight excluding hydrogens is 361 g/mol. The van der Waals surface area contributed by atoms with Crippen LogP contribution in [0.5, 0.6) is 0 Å². The third-order valence-corrected chi connectivity index (χ3v) is 4.20. The molecule has 0 saturated heterocycles. The van der Waals surface area contributed by atoms with E-state index in [0.717, 1.165) is 4.90 Å². The smallest absolute Gasteiger partial charge is 0.278 e. The normalized spacial score (nSPS) is 11.9. The number of hydrogen-bond donors (Lipinski definition) is 3. The van der Waals surface area contributed by atoms with Crippen molar-refractivity contribution in [3.63, 3.8) is 0 Å². The molecule has 0 saturated carbocycles. The maximum atomic E-state index is 14.3. The van der Waals surface area contributed by atoms with Gasteiger partial charge in [0.15, 0.2) is 0 Å². The summed E-state index contributed by atoms with van der Waals surface area (Å²) in [5.74, 6) is -1.03. The number of amides is 1. The molecule has 0 aliphatic heterocycles. The summed E-state index contributed by atoms with van der Waals surface area (Å²) < 4.78 is 15.5. The number of aliphatic hydroxyl groups is 1. The fraction of sp³-hybridized carbons (Fsp3) is 0.294. The van der Waals surface area contributed by atoms with Gasteiger partial charge in [0.25, 0.3) is 11.5 Å². The highest BCUT2D eigenvalue weighted by atomic mass is 32.2. The number of hydrogen-bond acceptors (Lipinski definition) is 6. The number of aliphatic hydroxyl groups excluding tert-OH is 1. The minimum atomic E-state index is -0.753. The van der Waals surface area contributed by atoms with Crippen molar-refractivity contribution in [1.82, 2.24) is 10.0 Å². The maximum absolute atomic E-state index is 14.3. The first-order valence-corrected chi connectivity index (χ1v) is 8.96. The lowest BCUT2D eigenvalue weighted by molar-refractivity contribution is -0.00685. The van der Waals surface area contributed by atoms with Crippen molar-refractivity contribution in [2.75, 3.05) is 18.2 Å². The number of benzene rings is 1. The van der Waals surface area contributed by atoms with Crippen LogP contribution in [0.3, 0.4) is 0 Å². The first-order valence-electron chi connectivity index (χ1n) is 7.74. The Balaban J connectivity index is 2.33. The second kappa shape index (κ2) is 8.84. The first kappa shape index (κ1) is 20.0. The summed E-state index contributed by atoms with van der Waals surface area (Å²) in [7, 11) is 1.46. The van der Waals surface area contributed by atoms with Crippen molar-refractivity contribution in [1.29, 1.82) is 0 Å². The molecule has 1 atom stereocenters. The quantitative estimate of drug-likeness (QED) is 0.502. The van der Waals surface area contributed by atoms with E-state index in [-0.39, 0.29) is 29.2 Å². The van der Waals surface area contributed by atoms with E-state index in [2.05, 4.69) is 10.8 Å². The van der Waals surface area contributed by atoms with Gasteiger partial charge in [-0.1, -0.05) is 0 Å². The average Bonchev–Trinajstić information content (AvgIpc) is 2.60. The summed E-state index contributed by atoms with van der Waals surface area (Å²) in [5.41, 5.74) is 2.04. The first-order chi connectivity index (χ1) is 12.3. The lowest BCUT2D eigenvalue weighted by atomic mass is 10.2. The molecule has 0 fully saturated rings. The maximum Gasteiger partial charge on any atom is 0.278 e. The van der Waals surface area contributed by atoms with Gasteiger partial charge in [0, 0.05) is 18.0 Å². The molecule has 1 aromatic heterocycles. The van der Waals surface area contributed by atoms with Gasteiger partial charge in [0.1, 0.15) is 18.2 Å². The topological polar surface area (TPSA) is 92.6 Å². The molecule has 0 spiro atoms. The number of anilines is 2. The molecule has 7 nitrogen and oxygen atoms in total. The SMILES string of the molecule is CSc1ccc(Nc2c(C(=O)NOCC(C)O)ccc(=O)n2C)c(F)c1. The van der Waals surface area contributed by atoms with Gasteiger partial charge in [0.2, 0.25) is 0 Å². The molecule has 26 heavy (non-hydrogen) atoms. The molecule has 140 valence electrons. The van der Waals surface area contributed by atoms with E-state index in [4.69, 9.17) is 9.94 Å². The van der Waals surface area contributed by atoms with Crippen LogP contribution in [0.25, 0.3) is 0 Å². The number of carbonyl (C=O) groups excluding carboxylic acids is 1. The summed E-state index contributed by atoms with van der Waals surface area (Å²) in [6.07, 6.45) is 1.08. The molecule has 0 aliphatic rings. The van der Waals surface area contributed by atoms with E-state index in [9.17, 15) is 14.0 Å². The average molecular weight is 381 g/mol. The van der Waals surface area contributed by atoms with Crippen molar-refractivity contribution in [2.24, 2.45) is 7.05 Å². The Labute approximate surface area is 154 Å². The van der Waals surface area contributed by atoms with E-state index < -0.39 is 17.8 Å². The summed E-state index contributed by atoms with van der Waals surface area (Å²) in [4.78, 5) is 29.9. The predicted molar refractivity (Wildman–Crippen MR) is 98.2 cm³/mol. The van der Waals surface area contributed by atoms with E-state index >= 15 is 0 Å². The second-order valence-corrected chi connectivity index (χ2v) is 6.43. The van der Waals surface area contributed by atoms with Crippen LogP contribution in [0.15, 0.2) is 40.0 Å². The zero-order chi connectivity index (χ0) is 19.3. The van der Waals surface area contributed by atoms with Gasteiger partial charge in [-0.3, -0.25) is 19.0 Å². The minimum absolute atomic E-state index is 0.0889. The van der Waals surface area contributed by atoms with E-state index in [1.165, 1.54) is 54.6 Å². The Morgan fingerprint density at radius 3 is 2.73 bits per heavy atom. The molecule has 9 heteroatoms. The highest BCUT2D eigenvalue weighted by molar-refractivity contribution is 7.98.